The first kappa shape index (κ1) is 14.7. The number of ketones is 1. The minimum absolute atomic E-state index is 0.0462. The number of aromatic nitrogens is 2. The molecule has 0 N–H and O–H groups in total. The van der Waals surface area contributed by atoms with E-state index in [1.807, 2.05) is 25.1 Å². The predicted octanol–water partition coefficient (Wildman–Crippen LogP) is 3.51. The Bertz CT molecular complexity index is 581. The molecule has 0 spiro atoms. The van der Waals surface area contributed by atoms with E-state index in [1.165, 1.54) is 0 Å². The SMILES string of the molecule is CCCOc1ccccc1C(=O)c1snnc1CCC. The van der Waals surface area contributed by atoms with Crippen LogP contribution in [0.25, 0.3) is 0 Å². The van der Waals surface area contributed by atoms with Gasteiger partial charge in [0.15, 0.2) is 0 Å². The Morgan fingerprint density at radius 2 is 2.05 bits per heavy atom. The Kier molecular flexibility index (Phi) is 5.24. The topological polar surface area (TPSA) is 52.1 Å². The van der Waals surface area contributed by atoms with Crippen molar-refractivity contribution in [3.05, 3.63) is 40.4 Å². The molecule has 2 rings (SSSR count). The van der Waals surface area contributed by atoms with Crippen molar-refractivity contribution in [3.8, 4) is 5.75 Å². The molecule has 0 aliphatic carbocycles. The molecule has 0 atom stereocenters. The summed E-state index contributed by atoms with van der Waals surface area (Å²) < 4.78 is 9.56. The van der Waals surface area contributed by atoms with Crippen LogP contribution in [0.5, 0.6) is 5.75 Å². The van der Waals surface area contributed by atoms with Crippen molar-refractivity contribution in [2.24, 2.45) is 0 Å². The van der Waals surface area contributed by atoms with Crippen LogP contribution in [0.3, 0.4) is 0 Å². The van der Waals surface area contributed by atoms with Gasteiger partial charge in [-0.2, -0.15) is 0 Å². The lowest BCUT2D eigenvalue weighted by Gasteiger charge is -2.09. The summed E-state index contributed by atoms with van der Waals surface area (Å²) in [4.78, 5) is 13.3. The zero-order valence-corrected chi connectivity index (χ0v) is 12.6. The Morgan fingerprint density at radius 3 is 2.80 bits per heavy atom. The molecule has 0 fully saturated rings. The average Bonchev–Trinajstić information content (AvgIpc) is 2.93. The van der Waals surface area contributed by atoms with Crippen LogP contribution in [-0.2, 0) is 6.42 Å². The molecule has 1 heterocycles. The van der Waals surface area contributed by atoms with E-state index in [0.29, 0.717) is 22.8 Å². The maximum Gasteiger partial charge on any atom is 0.210 e. The summed E-state index contributed by atoms with van der Waals surface area (Å²) in [6, 6.07) is 7.35. The van der Waals surface area contributed by atoms with Crippen molar-refractivity contribution in [2.45, 2.75) is 33.1 Å². The second-order valence-electron chi connectivity index (χ2n) is 4.47. The van der Waals surface area contributed by atoms with Crippen molar-refractivity contribution in [2.75, 3.05) is 6.61 Å². The number of carbonyl (C=O) groups excluding carboxylic acids is 1. The number of benzene rings is 1. The quantitative estimate of drug-likeness (QED) is 0.732. The lowest BCUT2D eigenvalue weighted by molar-refractivity contribution is 0.103. The fourth-order valence-electron chi connectivity index (χ4n) is 1.90. The fourth-order valence-corrected chi connectivity index (χ4v) is 2.56. The van der Waals surface area contributed by atoms with E-state index in [0.717, 1.165) is 36.5 Å². The van der Waals surface area contributed by atoms with Crippen LogP contribution in [0, 0.1) is 0 Å². The third-order valence-corrected chi connectivity index (χ3v) is 3.61. The van der Waals surface area contributed by atoms with Crippen LogP contribution in [0.2, 0.25) is 0 Å². The molecule has 4 nitrogen and oxygen atoms in total. The van der Waals surface area contributed by atoms with E-state index in [1.54, 1.807) is 6.07 Å². The third kappa shape index (κ3) is 3.22. The normalized spacial score (nSPS) is 10.5. The lowest BCUT2D eigenvalue weighted by Crippen LogP contribution is -2.07. The summed E-state index contributed by atoms with van der Waals surface area (Å²) in [6.07, 6.45) is 2.63. The molecular weight excluding hydrogens is 272 g/mol. The van der Waals surface area contributed by atoms with Gasteiger partial charge in [-0.25, -0.2) is 0 Å². The molecule has 1 aromatic heterocycles. The number of carbonyl (C=O) groups is 1. The van der Waals surface area contributed by atoms with Gasteiger partial charge in [0.2, 0.25) is 5.78 Å². The first-order valence-electron chi connectivity index (χ1n) is 6.85. The molecule has 0 saturated carbocycles. The largest absolute Gasteiger partial charge is 0.493 e. The maximum atomic E-state index is 12.6. The van der Waals surface area contributed by atoms with E-state index in [-0.39, 0.29) is 5.78 Å². The third-order valence-electron chi connectivity index (χ3n) is 2.84. The minimum atomic E-state index is -0.0462. The fraction of sp³-hybridized carbons (Fsp3) is 0.400. The van der Waals surface area contributed by atoms with Gasteiger partial charge in [-0.3, -0.25) is 4.79 Å². The van der Waals surface area contributed by atoms with Gasteiger partial charge in [0.1, 0.15) is 10.6 Å². The highest BCUT2D eigenvalue weighted by Crippen LogP contribution is 2.24. The number of aryl methyl sites for hydroxylation is 1. The van der Waals surface area contributed by atoms with Crippen molar-refractivity contribution in [3.63, 3.8) is 0 Å². The summed E-state index contributed by atoms with van der Waals surface area (Å²) in [7, 11) is 0. The second kappa shape index (κ2) is 7.14. The molecule has 0 unspecified atom stereocenters. The Morgan fingerprint density at radius 1 is 1.25 bits per heavy atom. The standard InChI is InChI=1S/C15H18N2O2S/c1-3-7-12-15(20-17-16-12)14(18)11-8-5-6-9-13(11)19-10-4-2/h5-6,8-9H,3-4,7,10H2,1-2H3. The highest BCUT2D eigenvalue weighted by atomic mass is 32.1. The number of rotatable bonds is 7. The van der Waals surface area contributed by atoms with E-state index in [9.17, 15) is 4.79 Å². The van der Waals surface area contributed by atoms with Crippen LogP contribution >= 0.6 is 11.5 Å². The Labute approximate surface area is 123 Å². The number of hydrogen-bond acceptors (Lipinski definition) is 5. The predicted molar refractivity (Wildman–Crippen MR) is 79.6 cm³/mol. The van der Waals surface area contributed by atoms with Crippen LogP contribution in [0.15, 0.2) is 24.3 Å². The summed E-state index contributed by atoms with van der Waals surface area (Å²) in [5, 5.41) is 4.05. The minimum Gasteiger partial charge on any atom is -0.493 e. The molecule has 2 aromatic rings. The number of para-hydroxylation sites is 1. The van der Waals surface area contributed by atoms with E-state index in [4.69, 9.17) is 4.74 Å². The summed E-state index contributed by atoms with van der Waals surface area (Å²) in [5.41, 5.74) is 1.37. The molecule has 0 bridgehead atoms. The van der Waals surface area contributed by atoms with Gasteiger partial charge in [-0.15, -0.1) is 5.10 Å². The van der Waals surface area contributed by atoms with E-state index < -0.39 is 0 Å². The monoisotopic (exact) mass is 290 g/mol. The van der Waals surface area contributed by atoms with Gasteiger partial charge in [-0.05, 0) is 36.5 Å². The molecule has 0 amide bonds. The molecule has 106 valence electrons. The molecular formula is C15H18N2O2S. The second-order valence-corrected chi connectivity index (χ2v) is 5.23. The number of hydrogen-bond donors (Lipinski definition) is 0. The number of nitrogens with zero attached hydrogens (tertiary/aromatic N) is 2. The lowest BCUT2D eigenvalue weighted by atomic mass is 10.1. The van der Waals surface area contributed by atoms with Crippen molar-refractivity contribution < 1.29 is 9.53 Å². The van der Waals surface area contributed by atoms with Gasteiger partial charge < -0.3 is 4.74 Å². The van der Waals surface area contributed by atoms with Crippen LogP contribution in [0.1, 0.15) is 47.6 Å². The zero-order valence-electron chi connectivity index (χ0n) is 11.8. The van der Waals surface area contributed by atoms with E-state index >= 15 is 0 Å². The van der Waals surface area contributed by atoms with Gasteiger partial charge in [0.05, 0.1) is 17.9 Å². The first-order valence-corrected chi connectivity index (χ1v) is 7.63. The van der Waals surface area contributed by atoms with Gasteiger partial charge >= 0.3 is 0 Å². The van der Waals surface area contributed by atoms with Crippen molar-refractivity contribution in [1.29, 1.82) is 0 Å². The summed E-state index contributed by atoms with van der Waals surface area (Å²) in [5.74, 6) is 0.588. The zero-order chi connectivity index (χ0) is 14.4. The molecule has 0 aliphatic rings. The van der Waals surface area contributed by atoms with Crippen LogP contribution in [0.4, 0.5) is 0 Å². The highest BCUT2D eigenvalue weighted by molar-refractivity contribution is 7.08. The smallest absolute Gasteiger partial charge is 0.210 e. The van der Waals surface area contributed by atoms with Gasteiger partial charge in [0.25, 0.3) is 0 Å². The van der Waals surface area contributed by atoms with E-state index in [2.05, 4.69) is 16.5 Å². The highest BCUT2D eigenvalue weighted by Gasteiger charge is 2.20. The number of ether oxygens (including phenoxy) is 1. The molecule has 1 aromatic carbocycles. The molecule has 0 saturated heterocycles. The van der Waals surface area contributed by atoms with Crippen LogP contribution < -0.4 is 4.74 Å². The van der Waals surface area contributed by atoms with Crippen LogP contribution in [-0.4, -0.2) is 22.0 Å². The Hall–Kier alpha value is -1.75. The molecule has 0 aliphatic heterocycles. The molecule has 0 radical (unpaired) electrons. The summed E-state index contributed by atoms with van der Waals surface area (Å²) >= 11 is 1.16. The summed E-state index contributed by atoms with van der Waals surface area (Å²) in [6.45, 7) is 4.70. The molecule has 20 heavy (non-hydrogen) atoms. The maximum absolute atomic E-state index is 12.6. The Balaban J connectivity index is 2.30. The van der Waals surface area contributed by atoms with Gasteiger partial charge in [0, 0.05) is 0 Å². The molecule has 5 heteroatoms. The first-order chi connectivity index (χ1) is 9.77. The van der Waals surface area contributed by atoms with Crippen molar-refractivity contribution in [1.82, 2.24) is 9.59 Å². The van der Waals surface area contributed by atoms with Crippen molar-refractivity contribution >= 4 is 17.3 Å². The average molecular weight is 290 g/mol. The van der Waals surface area contributed by atoms with Gasteiger partial charge in [-0.1, -0.05) is 36.9 Å².